The van der Waals surface area contributed by atoms with E-state index >= 15 is 0 Å². The molecule has 0 spiro atoms. The van der Waals surface area contributed by atoms with Crippen LogP contribution in [-0.2, 0) is 11.8 Å². The third-order valence-corrected chi connectivity index (χ3v) is 5.39. The molecule has 0 aliphatic carbocycles. The number of phenolic OH excluding ortho intramolecular Hbond substituents is 1. The SMILES string of the molecule is CCSc1nc(=O)c2c(n1C)NC(=O)C[C@@H]2c1cc(OC)c(O)c(OC)c1. The van der Waals surface area contributed by atoms with E-state index in [9.17, 15) is 14.7 Å². The Bertz CT molecular complexity index is 932. The monoisotopic (exact) mass is 391 g/mol. The lowest BCUT2D eigenvalue weighted by Crippen LogP contribution is -2.33. The number of phenols is 1. The zero-order chi connectivity index (χ0) is 19.7. The first-order valence-corrected chi connectivity index (χ1v) is 9.38. The Morgan fingerprint density at radius 2 is 1.93 bits per heavy atom. The van der Waals surface area contributed by atoms with Crippen molar-refractivity contribution in [1.29, 1.82) is 0 Å². The minimum Gasteiger partial charge on any atom is -0.502 e. The Hall–Kier alpha value is -2.68. The number of aromatic hydroxyl groups is 1. The molecule has 0 saturated heterocycles. The number of nitrogens with one attached hydrogen (secondary N) is 1. The molecule has 2 N–H and O–H groups in total. The lowest BCUT2D eigenvalue weighted by Gasteiger charge is -2.28. The van der Waals surface area contributed by atoms with Gasteiger partial charge in [0.15, 0.2) is 16.7 Å². The molecule has 144 valence electrons. The quantitative estimate of drug-likeness (QED) is 0.594. The van der Waals surface area contributed by atoms with Crippen LogP contribution in [0, 0.1) is 0 Å². The third kappa shape index (κ3) is 3.34. The smallest absolute Gasteiger partial charge is 0.279 e. The Morgan fingerprint density at radius 3 is 2.48 bits per heavy atom. The van der Waals surface area contributed by atoms with Gasteiger partial charge in [0.2, 0.25) is 11.7 Å². The van der Waals surface area contributed by atoms with Gasteiger partial charge >= 0.3 is 0 Å². The van der Waals surface area contributed by atoms with Crippen molar-refractivity contribution in [2.45, 2.75) is 24.4 Å². The summed E-state index contributed by atoms with van der Waals surface area (Å²) in [4.78, 5) is 29.3. The molecule has 1 aromatic heterocycles. The van der Waals surface area contributed by atoms with Crippen molar-refractivity contribution < 1.29 is 19.4 Å². The number of aromatic nitrogens is 2. The van der Waals surface area contributed by atoms with Crippen molar-refractivity contribution in [2.24, 2.45) is 7.05 Å². The van der Waals surface area contributed by atoms with Gasteiger partial charge in [-0.25, -0.2) is 0 Å². The van der Waals surface area contributed by atoms with E-state index in [0.29, 0.717) is 22.1 Å². The predicted octanol–water partition coefficient (Wildman–Crippen LogP) is 2.09. The van der Waals surface area contributed by atoms with Crippen molar-refractivity contribution in [1.82, 2.24) is 9.55 Å². The maximum absolute atomic E-state index is 12.8. The number of methoxy groups -OCH3 is 2. The number of rotatable bonds is 5. The van der Waals surface area contributed by atoms with Crippen molar-refractivity contribution in [2.75, 3.05) is 25.3 Å². The lowest BCUT2D eigenvalue weighted by molar-refractivity contribution is -0.116. The van der Waals surface area contributed by atoms with Gasteiger partial charge in [0.05, 0.1) is 19.8 Å². The first-order chi connectivity index (χ1) is 12.9. The van der Waals surface area contributed by atoms with Crippen LogP contribution in [0.2, 0.25) is 0 Å². The molecule has 1 aliphatic rings. The first kappa shape index (κ1) is 19.1. The maximum atomic E-state index is 12.8. The number of ether oxygens (including phenoxy) is 2. The van der Waals surface area contributed by atoms with E-state index in [2.05, 4.69) is 10.3 Å². The van der Waals surface area contributed by atoms with Gasteiger partial charge < -0.3 is 24.5 Å². The predicted molar refractivity (Wildman–Crippen MR) is 102 cm³/mol. The standard InChI is InChI=1S/C18H21N3O5S/c1-5-27-18-20-17(24)14-10(8-13(22)19-16(14)21(18)2)9-6-11(25-3)15(23)12(7-9)26-4/h6-7,10,23H,5,8H2,1-4H3,(H,19,22)/t10-/m1/s1. The highest BCUT2D eigenvalue weighted by Gasteiger charge is 2.33. The van der Waals surface area contributed by atoms with Crippen LogP contribution < -0.4 is 20.3 Å². The number of carbonyl (C=O) groups is 1. The van der Waals surface area contributed by atoms with Gasteiger partial charge in [0, 0.05) is 19.4 Å². The number of hydrogen-bond acceptors (Lipinski definition) is 7. The summed E-state index contributed by atoms with van der Waals surface area (Å²) in [5.41, 5.74) is 0.662. The summed E-state index contributed by atoms with van der Waals surface area (Å²) in [6.45, 7) is 1.96. The number of thioether (sulfide) groups is 1. The molecule has 1 aliphatic heterocycles. The molecule has 0 radical (unpaired) electrons. The summed E-state index contributed by atoms with van der Waals surface area (Å²) < 4.78 is 12.1. The molecule has 3 rings (SSSR count). The Labute approximate surface area is 160 Å². The first-order valence-electron chi connectivity index (χ1n) is 8.39. The second-order valence-electron chi connectivity index (χ2n) is 6.03. The largest absolute Gasteiger partial charge is 0.502 e. The van der Waals surface area contributed by atoms with E-state index in [4.69, 9.17) is 9.47 Å². The fourth-order valence-electron chi connectivity index (χ4n) is 3.19. The van der Waals surface area contributed by atoms with Gasteiger partial charge in [-0.1, -0.05) is 18.7 Å². The highest BCUT2D eigenvalue weighted by molar-refractivity contribution is 7.99. The van der Waals surface area contributed by atoms with Gasteiger partial charge in [-0.05, 0) is 23.4 Å². The van der Waals surface area contributed by atoms with E-state index in [1.807, 2.05) is 6.92 Å². The number of carbonyl (C=O) groups excluding carboxylic acids is 1. The van der Waals surface area contributed by atoms with E-state index in [1.165, 1.54) is 26.0 Å². The summed E-state index contributed by atoms with van der Waals surface area (Å²) in [6, 6.07) is 3.22. The number of anilines is 1. The van der Waals surface area contributed by atoms with Crippen molar-refractivity contribution >= 4 is 23.5 Å². The van der Waals surface area contributed by atoms with E-state index in [1.54, 1.807) is 23.7 Å². The van der Waals surface area contributed by atoms with Crippen LogP contribution in [0.5, 0.6) is 17.2 Å². The number of nitrogens with zero attached hydrogens (tertiary/aromatic N) is 2. The van der Waals surface area contributed by atoms with E-state index in [-0.39, 0.29) is 35.1 Å². The number of hydrogen-bond donors (Lipinski definition) is 2. The van der Waals surface area contributed by atoms with Gasteiger partial charge in [0.25, 0.3) is 5.56 Å². The molecule has 0 fully saturated rings. The van der Waals surface area contributed by atoms with Crippen molar-refractivity contribution in [3.05, 3.63) is 33.6 Å². The molecule has 2 heterocycles. The van der Waals surface area contributed by atoms with Crippen LogP contribution in [0.15, 0.2) is 22.1 Å². The van der Waals surface area contributed by atoms with Crippen LogP contribution in [0.1, 0.15) is 30.4 Å². The molecule has 1 amide bonds. The van der Waals surface area contributed by atoms with Crippen molar-refractivity contribution in [3.8, 4) is 17.2 Å². The summed E-state index contributed by atoms with van der Waals surface area (Å²) >= 11 is 1.43. The van der Waals surface area contributed by atoms with Crippen LogP contribution in [0.4, 0.5) is 5.82 Å². The average Bonchev–Trinajstić information content (AvgIpc) is 2.65. The van der Waals surface area contributed by atoms with Gasteiger partial charge in [-0.3, -0.25) is 9.59 Å². The molecule has 0 bridgehead atoms. The minimum atomic E-state index is -0.524. The molecule has 2 aromatic rings. The highest BCUT2D eigenvalue weighted by Crippen LogP contribution is 2.43. The van der Waals surface area contributed by atoms with Gasteiger partial charge in [-0.2, -0.15) is 4.98 Å². The lowest BCUT2D eigenvalue weighted by atomic mass is 9.86. The topological polar surface area (TPSA) is 103 Å². The van der Waals surface area contributed by atoms with Crippen LogP contribution in [0.3, 0.4) is 0 Å². The number of amides is 1. The number of benzene rings is 1. The molecule has 9 heteroatoms. The third-order valence-electron chi connectivity index (χ3n) is 4.48. The Balaban J connectivity index is 2.22. The molecule has 0 saturated carbocycles. The Kier molecular flexibility index (Phi) is 5.31. The Morgan fingerprint density at radius 1 is 1.30 bits per heavy atom. The molecular weight excluding hydrogens is 370 g/mol. The summed E-state index contributed by atoms with van der Waals surface area (Å²) in [7, 11) is 4.62. The highest BCUT2D eigenvalue weighted by atomic mass is 32.2. The van der Waals surface area contributed by atoms with Crippen LogP contribution in [0.25, 0.3) is 0 Å². The molecule has 27 heavy (non-hydrogen) atoms. The molecular formula is C18H21N3O5S. The minimum absolute atomic E-state index is 0.0846. The zero-order valence-corrected chi connectivity index (χ0v) is 16.3. The second kappa shape index (κ2) is 7.51. The maximum Gasteiger partial charge on any atom is 0.279 e. The molecule has 1 aromatic carbocycles. The second-order valence-corrected chi connectivity index (χ2v) is 7.26. The van der Waals surface area contributed by atoms with Crippen LogP contribution >= 0.6 is 11.8 Å². The fraction of sp³-hybridized carbons (Fsp3) is 0.389. The molecule has 0 unspecified atom stereocenters. The average molecular weight is 391 g/mol. The zero-order valence-electron chi connectivity index (χ0n) is 15.5. The summed E-state index contributed by atoms with van der Waals surface area (Å²) in [5, 5.41) is 13.5. The van der Waals surface area contributed by atoms with Crippen molar-refractivity contribution in [3.63, 3.8) is 0 Å². The van der Waals surface area contributed by atoms with E-state index in [0.717, 1.165) is 5.75 Å². The van der Waals surface area contributed by atoms with E-state index < -0.39 is 5.92 Å². The normalized spacial score (nSPS) is 15.9. The van der Waals surface area contributed by atoms with Gasteiger partial charge in [0.1, 0.15) is 5.82 Å². The van der Waals surface area contributed by atoms with Gasteiger partial charge in [-0.15, -0.1) is 0 Å². The van der Waals surface area contributed by atoms with Crippen LogP contribution in [-0.4, -0.2) is 40.5 Å². The number of fused-ring (bicyclic) bond motifs is 1. The molecule has 8 nitrogen and oxygen atoms in total. The summed E-state index contributed by atoms with van der Waals surface area (Å²) in [6.07, 6.45) is 0.0846. The fourth-order valence-corrected chi connectivity index (χ4v) is 3.88. The summed E-state index contributed by atoms with van der Waals surface area (Å²) in [5.74, 6) is 0.752. The molecule has 1 atom stereocenters.